The molecule has 9 heteroatoms. The monoisotopic (exact) mass is 363 g/mol. The molecule has 26 heavy (non-hydrogen) atoms. The average Bonchev–Trinajstić information content (AvgIpc) is 3.31. The van der Waals surface area contributed by atoms with Crippen LogP contribution in [0.15, 0.2) is 6.20 Å². The Labute approximate surface area is 152 Å². The van der Waals surface area contributed by atoms with Gasteiger partial charge >= 0.3 is 6.09 Å². The van der Waals surface area contributed by atoms with E-state index >= 15 is 0 Å². The van der Waals surface area contributed by atoms with E-state index in [0.717, 1.165) is 45.0 Å². The molecule has 0 saturated carbocycles. The number of aryl methyl sites for hydroxylation is 1. The summed E-state index contributed by atoms with van der Waals surface area (Å²) in [6, 6.07) is -0.0628. The van der Waals surface area contributed by atoms with Crippen LogP contribution < -0.4 is 0 Å². The molecule has 0 aromatic carbocycles. The molecular weight excluding hydrogens is 338 g/mol. The van der Waals surface area contributed by atoms with Gasteiger partial charge in [-0.15, -0.1) is 0 Å². The van der Waals surface area contributed by atoms with Crippen molar-refractivity contribution in [2.45, 2.75) is 25.5 Å². The van der Waals surface area contributed by atoms with Crippen molar-refractivity contribution in [2.24, 2.45) is 0 Å². The Bertz CT molecular complexity index is 672. The van der Waals surface area contributed by atoms with Crippen molar-refractivity contribution in [2.75, 3.05) is 52.5 Å². The van der Waals surface area contributed by atoms with Crippen LogP contribution in [-0.2, 0) is 9.47 Å². The highest BCUT2D eigenvalue weighted by Crippen LogP contribution is 2.27. The number of ether oxygens (including phenoxy) is 2. The molecule has 0 bridgehead atoms. The summed E-state index contributed by atoms with van der Waals surface area (Å²) >= 11 is 0. The maximum Gasteiger partial charge on any atom is 0.410 e. The fourth-order valence-electron chi connectivity index (χ4n) is 3.89. The molecule has 0 unspecified atom stereocenters. The second kappa shape index (κ2) is 7.24. The van der Waals surface area contributed by atoms with Gasteiger partial charge in [0.15, 0.2) is 5.82 Å². The van der Waals surface area contributed by atoms with Crippen LogP contribution >= 0.6 is 0 Å². The smallest absolute Gasteiger partial charge is 0.410 e. The van der Waals surface area contributed by atoms with Crippen LogP contribution in [0.1, 0.15) is 22.7 Å². The zero-order valence-corrected chi connectivity index (χ0v) is 15.0. The highest BCUT2D eigenvalue weighted by molar-refractivity contribution is 5.91. The molecule has 0 spiro atoms. The Morgan fingerprint density at radius 1 is 1.31 bits per heavy atom. The van der Waals surface area contributed by atoms with Crippen LogP contribution in [0, 0.1) is 6.92 Å². The summed E-state index contributed by atoms with van der Waals surface area (Å²) < 4.78 is 10.8. The van der Waals surface area contributed by atoms with Crippen molar-refractivity contribution < 1.29 is 19.1 Å². The molecule has 4 heterocycles. The third-order valence-electron chi connectivity index (χ3n) is 5.29. The minimum atomic E-state index is -0.261. The molecular formula is C17H25N5O4. The van der Waals surface area contributed by atoms with E-state index in [9.17, 15) is 9.59 Å². The molecule has 3 fully saturated rings. The van der Waals surface area contributed by atoms with E-state index < -0.39 is 0 Å². The number of amides is 2. The molecule has 3 saturated heterocycles. The van der Waals surface area contributed by atoms with E-state index in [2.05, 4.69) is 14.9 Å². The first-order valence-electron chi connectivity index (χ1n) is 9.20. The third-order valence-corrected chi connectivity index (χ3v) is 5.29. The Kier molecular flexibility index (Phi) is 4.82. The lowest BCUT2D eigenvalue weighted by molar-refractivity contribution is 0.0362. The fraction of sp³-hybridized carbons (Fsp3) is 0.706. The number of hydrogen-bond acceptors (Lipinski definition) is 6. The molecule has 142 valence electrons. The van der Waals surface area contributed by atoms with Crippen LogP contribution in [-0.4, -0.2) is 101 Å². The van der Waals surface area contributed by atoms with E-state index in [1.165, 1.54) is 0 Å². The van der Waals surface area contributed by atoms with Gasteiger partial charge in [-0.25, -0.2) is 9.78 Å². The van der Waals surface area contributed by atoms with Gasteiger partial charge in [0.1, 0.15) is 6.10 Å². The van der Waals surface area contributed by atoms with E-state index in [0.29, 0.717) is 25.5 Å². The number of carbonyl (C=O) groups is 2. The minimum Gasteiger partial charge on any atom is -0.442 e. The standard InChI is InChI=1S/C17H25N5O4/c1-12-9-18-15(19-12)16(23)21-10-13-14(11-21)26-17(24)22(13)4-2-3-20-5-7-25-8-6-20/h9,13-14H,2-8,10-11H2,1H3,(H,18,19)/t13-,14+/m1/s1. The third kappa shape index (κ3) is 3.41. The first-order valence-corrected chi connectivity index (χ1v) is 9.20. The molecule has 2 atom stereocenters. The quantitative estimate of drug-likeness (QED) is 0.797. The molecule has 1 aromatic heterocycles. The normalized spacial score (nSPS) is 26.3. The zero-order valence-electron chi connectivity index (χ0n) is 15.0. The van der Waals surface area contributed by atoms with E-state index in [-0.39, 0.29) is 24.1 Å². The van der Waals surface area contributed by atoms with Crippen molar-refractivity contribution in [1.29, 1.82) is 0 Å². The van der Waals surface area contributed by atoms with E-state index in [4.69, 9.17) is 9.47 Å². The Morgan fingerprint density at radius 2 is 2.12 bits per heavy atom. The summed E-state index contributed by atoms with van der Waals surface area (Å²) in [5, 5.41) is 0. The Hall–Kier alpha value is -2.13. The lowest BCUT2D eigenvalue weighted by atomic mass is 10.2. The molecule has 0 radical (unpaired) electrons. The van der Waals surface area contributed by atoms with Gasteiger partial charge in [0.05, 0.1) is 25.8 Å². The topological polar surface area (TPSA) is 91.0 Å². The number of imidazole rings is 1. The van der Waals surface area contributed by atoms with Crippen LogP contribution in [0.3, 0.4) is 0 Å². The van der Waals surface area contributed by atoms with Gasteiger partial charge in [-0.3, -0.25) is 14.6 Å². The second-order valence-corrected chi connectivity index (χ2v) is 7.12. The maximum absolute atomic E-state index is 12.6. The van der Waals surface area contributed by atoms with Gasteiger partial charge in [0.25, 0.3) is 5.91 Å². The summed E-state index contributed by atoms with van der Waals surface area (Å²) in [5.41, 5.74) is 0.851. The van der Waals surface area contributed by atoms with Crippen LogP contribution in [0.25, 0.3) is 0 Å². The van der Waals surface area contributed by atoms with Crippen LogP contribution in [0.5, 0.6) is 0 Å². The van der Waals surface area contributed by atoms with E-state index in [1.54, 1.807) is 16.0 Å². The number of nitrogens with zero attached hydrogens (tertiary/aromatic N) is 4. The van der Waals surface area contributed by atoms with Crippen molar-refractivity contribution >= 4 is 12.0 Å². The molecule has 2 amide bonds. The number of likely N-dealkylation sites (tertiary alicyclic amines) is 1. The molecule has 1 aromatic rings. The maximum atomic E-state index is 12.6. The molecule has 0 aliphatic carbocycles. The predicted octanol–water partition coefficient (Wildman–Crippen LogP) is 0.0856. The molecule has 9 nitrogen and oxygen atoms in total. The molecule has 3 aliphatic heterocycles. The van der Waals surface area contributed by atoms with Crippen molar-refractivity contribution in [3.8, 4) is 0 Å². The second-order valence-electron chi connectivity index (χ2n) is 7.12. The fourth-order valence-corrected chi connectivity index (χ4v) is 3.89. The first kappa shape index (κ1) is 17.3. The number of hydrogen-bond donors (Lipinski definition) is 1. The summed E-state index contributed by atoms with van der Waals surface area (Å²) in [5.74, 6) is 0.199. The number of rotatable bonds is 5. The van der Waals surface area contributed by atoms with Gasteiger partial charge < -0.3 is 19.4 Å². The Morgan fingerprint density at radius 3 is 2.85 bits per heavy atom. The first-order chi connectivity index (χ1) is 12.6. The number of carbonyl (C=O) groups excluding carboxylic acids is 2. The number of fused-ring (bicyclic) bond motifs is 1. The number of aromatic nitrogens is 2. The minimum absolute atomic E-state index is 0.0628. The zero-order chi connectivity index (χ0) is 18.1. The van der Waals surface area contributed by atoms with Gasteiger partial charge in [-0.2, -0.15) is 0 Å². The van der Waals surface area contributed by atoms with Gasteiger partial charge in [-0.05, 0) is 13.3 Å². The van der Waals surface area contributed by atoms with Crippen molar-refractivity contribution in [3.63, 3.8) is 0 Å². The number of aromatic amines is 1. The number of morpholine rings is 1. The lowest BCUT2D eigenvalue weighted by Gasteiger charge is -2.28. The van der Waals surface area contributed by atoms with Crippen molar-refractivity contribution in [1.82, 2.24) is 24.7 Å². The number of nitrogens with one attached hydrogen (secondary N) is 1. The average molecular weight is 363 g/mol. The van der Waals surface area contributed by atoms with E-state index in [1.807, 2.05) is 6.92 Å². The summed E-state index contributed by atoms with van der Waals surface area (Å²) in [6.07, 6.45) is 2.03. The van der Waals surface area contributed by atoms with Gasteiger partial charge in [-0.1, -0.05) is 0 Å². The van der Waals surface area contributed by atoms with Crippen molar-refractivity contribution in [3.05, 3.63) is 17.7 Å². The Balaban J connectivity index is 1.31. The highest BCUT2D eigenvalue weighted by atomic mass is 16.6. The predicted molar refractivity (Wildman–Crippen MR) is 91.9 cm³/mol. The molecule has 4 rings (SSSR count). The van der Waals surface area contributed by atoms with Crippen LogP contribution in [0.2, 0.25) is 0 Å². The summed E-state index contributed by atoms with van der Waals surface area (Å²) in [6.45, 7) is 7.82. The lowest BCUT2D eigenvalue weighted by Crippen LogP contribution is -2.42. The van der Waals surface area contributed by atoms with Gasteiger partial charge in [0.2, 0.25) is 0 Å². The highest BCUT2D eigenvalue weighted by Gasteiger charge is 2.48. The summed E-state index contributed by atoms with van der Waals surface area (Å²) in [7, 11) is 0. The van der Waals surface area contributed by atoms with Gasteiger partial charge in [0, 0.05) is 44.6 Å². The molecule has 3 aliphatic rings. The largest absolute Gasteiger partial charge is 0.442 e. The summed E-state index contributed by atoms with van der Waals surface area (Å²) in [4.78, 5) is 37.7. The molecule has 1 N–H and O–H groups in total. The SMILES string of the molecule is Cc1cnc(C(=O)N2C[C@@H]3OC(=O)N(CCCN4CCOCC4)[C@@H]3C2)[nH]1. The van der Waals surface area contributed by atoms with Crippen LogP contribution in [0.4, 0.5) is 4.79 Å². The number of H-pyrrole nitrogens is 1.